The van der Waals surface area contributed by atoms with Gasteiger partial charge in [-0.1, -0.05) is 0 Å². The molecule has 1 aliphatic carbocycles. The molecule has 0 N–H and O–H groups in total. The van der Waals surface area contributed by atoms with Crippen molar-refractivity contribution in [2.45, 2.75) is 29.9 Å². The highest BCUT2D eigenvalue weighted by Crippen LogP contribution is 2.58. The zero-order chi connectivity index (χ0) is 14.7. The van der Waals surface area contributed by atoms with Crippen LogP contribution in [-0.4, -0.2) is 29.9 Å². The molecule has 11 heteroatoms. The van der Waals surface area contributed by atoms with Crippen LogP contribution in [0.3, 0.4) is 0 Å². The first-order valence-electron chi connectivity index (χ1n) is 3.94. The number of hydrogen-bond donors (Lipinski definition) is 0. The molecule has 0 nitrogen and oxygen atoms in total. The van der Waals surface area contributed by atoms with Gasteiger partial charge in [-0.25, -0.2) is 13.2 Å². The minimum Gasteiger partial charge on any atom is -0.234 e. The fourth-order valence-corrected chi connectivity index (χ4v) is 1.11. The van der Waals surface area contributed by atoms with E-state index in [0.29, 0.717) is 0 Å². The van der Waals surface area contributed by atoms with E-state index >= 15 is 0 Å². The molecule has 0 spiro atoms. The summed E-state index contributed by atoms with van der Waals surface area (Å²) in [6.45, 7) is 0. The van der Waals surface area contributed by atoms with Crippen molar-refractivity contribution in [2.75, 3.05) is 0 Å². The summed E-state index contributed by atoms with van der Waals surface area (Å²) < 4.78 is 137. The zero-order valence-electron chi connectivity index (χ0n) is 7.73. The third-order valence-electron chi connectivity index (χ3n) is 2.22. The molecule has 0 saturated heterocycles. The number of allylic oxidation sites excluding steroid dienone is 2. The van der Waals surface area contributed by atoms with Gasteiger partial charge in [-0.3, -0.25) is 0 Å². The van der Waals surface area contributed by atoms with Gasteiger partial charge in [-0.05, 0) is 0 Å². The lowest BCUT2D eigenvalue weighted by molar-refractivity contribution is -0.297. The highest BCUT2D eigenvalue weighted by atomic mass is 19.3. The maximum absolute atomic E-state index is 12.5. The summed E-state index contributed by atoms with van der Waals surface area (Å²) in [7, 11) is 0. The number of hydrogen-bond acceptors (Lipinski definition) is 0. The molecule has 0 unspecified atom stereocenters. The number of rotatable bonds is 0. The maximum Gasteiger partial charge on any atom is 0.366 e. The van der Waals surface area contributed by atoms with Gasteiger partial charge < -0.3 is 0 Å². The predicted octanol–water partition coefficient (Wildman–Crippen LogP) is 4.03. The van der Waals surface area contributed by atoms with Gasteiger partial charge >= 0.3 is 23.7 Å². The molecule has 18 heavy (non-hydrogen) atoms. The van der Waals surface area contributed by atoms with Crippen molar-refractivity contribution >= 4 is 0 Å². The van der Waals surface area contributed by atoms with Crippen molar-refractivity contribution in [1.82, 2.24) is 0 Å². The van der Waals surface area contributed by atoms with Crippen LogP contribution in [0, 0.1) is 0 Å². The largest absolute Gasteiger partial charge is 0.366 e. The fraction of sp³-hybridized carbons (Fsp3) is 0.714. The van der Waals surface area contributed by atoms with Crippen LogP contribution < -0.4 is 0 Å². The first-order chi connectivity index (χ1) is 7.72. The van der Waals surface area contributed by atoms with Crippen LogP contribution in [0.4, 0.5) is 48.3 Å². The lowest BCUT2D eigenvalue weighted by atomic mass is 10.0. The standard InChI is InChI=1S/C7HF11/c8-1-2(9)5(13,14)7(17,18)3(10)6(15,16)4(1,11)12/h3H. The SMILES string of the molecule is FC1=C(F)C(F)(F)C(F)(F)C(F)C(F)(F)C1(F)F. The van der Waals surface area contributed by atoms with E-state index in [2.05, 4.69) is 0 Å². The minimum atomic E-state index is -6.54. The van der Waals surface area contributed by atoms with E-state index in [1.165, 1.54) is 0 Å². The topological polar surface area (TPSA) is 0 Å². The Balaban J connectivity index is 3.69. The van der Waals surface area contributed by atoms with Crippen LogP contribution in [0.5, 0.6) is 0 Å². The molecule has 0 radical (unpaired) electrons. The van der Waals surface area contributed by atoms with Crippen molar-refractivity contribution in [1.29, 1.82) is 0 Å². The molecule has 0 aromatic heterocycles. The van der Waals surface area contributed by atoms with Crippen molar-refractivity contribution in [3.8, 4) is 0 Å². The highest BCUT2D eigenvalue weighted by molar-refractivity contribution is 5.28. The maximum atomic E-state index is 12.5. The highest BCUT2D eigenvalue weighted by Gasteiger charge is 2.81. The average Bonchev–Trinajstić information content (AvgIpc) is 2.24. The Morgan fingerprint density at radius 1 is 0.611 bits per heavy atom. The molecule has 0 saturated carbocycles. The van der Waals surface area contributed by atoms with E-state index in [1.807, 2.05) is 0 Å². The number of alkyl halides is 9. The summed E-state index contributed by atoms with van der Waals surface area (Å²) in [5.41, 5.74) is 0. The molecule has 0 fully saturated rings. The molecule has 0 bridgehead atoms. The number of halogens is 11. The molecule has 0 aromatic rings. The summed E-state index contributed by atoms with van der Waals surface area (Å²) in [5.74, 6) is -34.3. The Bertz CT molecular complexity index is 356. The van der Waals surface area contributed by atoms with Crippen molar-refractivity contribution in [3.05, 3.63) is 11.7 Å². The molecule has 0 atom stereocenters. The summed E-state index contributed by atoms with van der Waals surface area (Å²) in [4.78, 5) is 0. The quantitative estimate of drug-likeness (QED) is 0.592. The van der Waals surface area contributed by atoms with Crippen LogP contribution >= 0.6 is 0 Å². The first kappa shape index (κ1) is 15.0. The normalized spacial score (nSPS) is 30.2. The predicted molar refractivity (Wildman–Crippen MR) is 33.9 cm³/mol. The van der Waals surface area contributed by atoms with Crippen LogP contribution in [-0.2, 0) is 0 Å². The Morgan fingerprint density at radius 3 is 1.06 bits per heavy atom. The van der Waals surface area contributed by atoms with E-state index in [-0.39, 0.29) is 0 Å². The molecule has 106 valence electrons. The Hall–Kier alpha value is -1.03. The van der Waals surface area contributed by atoms with Crippen molar-refractivity contribution in [3.63, 3.8) is 0 Å². The second-order valence-corrected chi connectivity index (χ2v) is 3.39. The van der Waals surface area contributed by atoms with Gasteiger partial charge in [0.2, 0.25) is 17.8 Å². The van der Waals surface area contributed by atoms with E-state index in [9.17, 15) is 48.3 Å². The second-order valence-electron chi connectivity index (χ2n) is 3.39. The summed E-state index contributed by atoms with van der Waals surface area (Å²) in [6.07, 6.45) is -5.48. The summed E-state index contributed by atoms with van der Waals surface area (Å²) in [5, 5.41) is 0. The molecular weight excluding hydrogens is 293 g/mol. The van der Waals surface area contributed by atoms with Gasteiger partial charge in [0.1, 0.15) is 0 Å². The third-order valence-corrected chi connectivity index (χ3v) is 2.22. The van der Waals surface area contributed by atoms with Crippen LogP contribution in [0.15, 0.2) is 11.7 Å². The molecule has 1 rings (SSSR count). The summed E-state index contributed by atoms with van der Waals surface area (Å²) in [6, 6.07) is 0. The molecule has 0 heterocycles. The third kappa shape index (κ3) is 1.44. The molecule has 0 amide bonds. The van der Waals surface area contributed by atoms with Crippen LogP contribution in [0.25, 0.3) is 0 Å². The van der Waals surface area contributed by atoms with Gasteiger partial charge in [-0.15, -0.1) is 0 Å². The van der Waals surface area contributed by atoms with Gasteiger partial charge in [0.15, 0.2) is 0 Å². The monoisotopic (exact) mass is 294 g/mol. The molecule has 1 aliphatic rings. The van der Waals surface area contributed by atoms with Gasteiger partial charge in [-0.2, -0.15) is 35.1 Å². The second kappa shape index (κ2) is 3.50. The van der Waals surface area contributed by atoms with E-state index in [1.54, 1.807) is 0 Å². The van der Waals surface area contributed by atoms with Crippen LogP contribution in [0.2, 0.25) is 0 Å². The van der Waals surface area contributed by atoms with E-state index in [4.69, 9.17) is 0 Å². The summed E-state index contributed by atoms with van der Waals surface area (Å²) >= 11 is 0. The fourth-order valence-electron chi connectivity index (χ4n) is 1.11. The zero-order valence-corrected chi connectivity index (χ0v) is 7.73. The van der Waals surface area contributed by atoms with Crippen molar-refractivity contribution in [2.24, 2.45) is 0 Å². The van der Waals surface area contributed by atoms with E-state index in [0.717, 1.165) is 0 Å². The molecule has 0 aromatic carbocycles. The molecular formula is C7HF11. The van der Waals surface area contributed by atoms with Gasteiger partial charge in [0.25, 0.3) is 0 Å². The van der Waals surface area contributed by atoms with Gasteiger partial charge in [0, 0.05) is 0 Å². The Kier molecular flexibility index (Phi) is 2.92. The van der Waals surface area contributed by atoms with Crippen molar-refractivity contribution < 1.29 is 48.3 Å². The van der Waals surface area contributed by atoms with Gasteiger partial charge in [0.05, 0.1) is 0 Å². The van der Waals surface area contributed by atoms with E-state index < -0.39 is 41.5 Å². The first-order valence-corrected chi connectivity index (χ1v) is 3.94. The lowest BCUT2D eigenvalue weighted by Crippen LogP contribution is -2.58. The smallest absolute Gasteiger partial charge is 0.234 e. The molecule has 0 aliphatic heterocycles. The Morgan fingerprint density at radius 2 is 0.833 bits per heavy atom. The minimum absolute atomic E-state index is 4.13. The van der Waals surface area contributed by atoms with Crippen LogP contribution in [0.1, 0.15) is 0 Å². The Labute approximate surface area is 91.1 Å². The average molecular weight is 294 g/mol. The lowest BCUT2D eigenvalue weighted by Gasteiger charge is -2.30.